The predicted octanol–water partition coefficient (Wildman–Crippen LogP) is 1.55. The Labute approximate surface area is 113 Å². The first-order valence-corrected chi connectivity index (χ1v) is 6.96. The molecule has 0 radical (unpaired) electrons. The van der Waals surface area contributed by atoms with E-state index in [9.17, 15) is 4.79 Å². The number of anilines is 1. The van der Waals surface area contributed by atoms with Crippen molar-refractivity contribution in [2.75, 3.05) is 24.7 Å². The van der Waals surface area contributed by atoms with E-state index in [-0.39, 0.29) is 11.8 Å². The summed E-state index contributed by atoms with van der Waals surface area (Å²) < 4.78 is 5.35. The zero-order chi connectivity index (χ0) is 13.2. The Morgan fingerprint density at radius 3 is 3.05 bits per heavy atom. The fourth-order valence-electron chi connectivity index (χ4n) is 2.80. The number of para-hydroxylation sites is 1. The van der Waals surface area contributed by atoms with Crippen LogP contribution in [-0.4, -0.2) is 31.7 Å². The first-order chi connectivity index (χ1) is 9.25. The number of amides is 1. The number of fused-ring (bicyclic) bond motifs is 1. The second kappa shape index (κ2) is 5.31. The standard InChI is InChI=1S/C15H20N2O2/c1-11-9-17(15(18)13-6-7-19-10-13)14-5-3-2-4-12(14)8-16-11/h2-5,11,13,16H,6-10H2,1H3. The highest BCUT2D eigenvalue weighted by Gasteiger charge is 2.31. The molecule has 19 heavy (non-hydrogen) atoms. The van der Waals surface area contributed by atoms with Crippen molar-refractivity contribution in [2.24, 2.45) is 5.92 Å². The summed E-state index contributed by atoms with van der Waals surface area (Å²) in [5.74, 6) is 0.235. The molecule has 0 spiro atoms. The minimum absolute atomic E-state index is 0.0263. The number of carbonyl (C=O) groups is 1. The van der Waals surface area contributed by atoms with Crippen molar-refractivity contribution in [1.29, 1.82) is 0 Å². The van der Waals surface area contributed by atoms with Crippen LogP contribution in [0.15, 0.2) is 24.3 Å². The van der Waals surface area contributed by atoms with Crippen LogP contribution < -0.4 is 10.2 Å². The molecule has 1 fully saturated rings. The van der Waals surface area contributed by atoms with Gasteiger partial charge in [0, 0.05) is 31.4 Å². The van der Waals surface area contributed by atoms with Crippen LogP contribution in [0.3, 0.4) is 0 Å². The van der Waals surface area contributed by atoms with Crippen molar-refractivity contribution in [3.63, 3.8) is 0 Å². The Morgan fingerprint density at radius 1 is 1.42 bits per heavy atom. The van der Waals surface area contributed by atoms with Crippen molar-refractivity contribution < 1.29 is 9.53 Å². The lowest BCUT2D eigenvalue weighted by Gasteiger charge is -2.26. The van der Waals surface area contributed by atoms with Crippen LogP contribution in [-0.2, 0) is 16.1 Å². The molecule has 1 saturated heterocycles. The maximum atomic E-state index is 12.7. The van der Waals surface area contributed by atoms with Gasteiger partial charge in [-0.2, -0.15) is 0 Å². The van der Waals surface area contributed by atoms with Gasteiger partial charge in [0.15, 0.2) is 0 Å². The monoisotopic (exact) mass is 260 g/mol. The Bertz CT molecular complexity index is 469. The van der Waals surface area contributed by atoms with Gasteiger partial charge in [-0.15, -0.1) is 0 Å². The predicted molar refractivity (Wildman–Crippen MR) is 74.0 cm³/mol. The van der Waals surface area contributed by atoms with Crippen LogP contribution in [0.2, 0.25) is 0 Å². The van der Waals surface area contributed by atoms with Crippen LogP contribution in [0.4, 0.5) is 5.69 Å². The molecule has 2 unspecified atom stereocenters. The third-order valence-corrected chi connectivity index (χ3v) is 3.92. The number of benzene rings is 1. The van der Waals surface area contributed by atoms with E-state index in [1.165, 1.54) is 5.56 Å². The number of nitrogens with zero attached hydrogens (tertiary/aromatic N) is 1. The van der Waals surface area contributed by atoms with Crippen LogP contribution in [0.5, 0.6) is 0 Å². The van der Waals surface area contributed by atoms with Crippen molar-refractivity contribution in [1.82, 2.24) is 5.32 Å². The van der Waals surface area contributed by atoms with Crippen LogP contribution in [0, 0.1) is 5.92 Å². The van der Waals surface area contributed by atoms with Crippen molar-refractivity contribution >= 4 is 11.6 Å². The van der Waals surface area contributed by atoms with Gasteiger partial charge in [0.25, 0.3) is 0 Å². The first-order valence-electron chi connectivity index (χ1n) is 6.96. The summed E-state index contributed by atoms with van der Waals surface area (Å²) >= 11 is 0. The molecular weight excluding hydrogens is 240 g/mol. The molecule has 1 N–H and O–H groups in total. The summed E-state index contributed by atoms with van der Waals surface area (Å²) in [6, 6.07) is 8.46. The molecule has 0 aliphatic carbocycles. The van der Waals surface area contributed by atoms with Gasteiger partial charge in [-0.25, -0.2) is 0 Å². The number of hydrogen-bond acceptors (Lipinski definition) is 3. The largest absolute Gasteiger partial charge is 0.381 e. The Hall–Kier alpha value is -1.39. The molecule has 4 nitrogen and oxygen atoms in total. The smallest absolute Gasteiger partial charge is 0.232 e. The van der Waals surface area contributed by atoms with E-state index in [0.29, 0.717) is 19.3 Å². The van der Waals surface area contributed by atoms with E-state index < -0.39 is 0 Å². The lowest BCUT2D eigenvalue weighted by atomic mass is 10.1. The summed E-state index contributed by atoms with van der Waals surface area (Å²) in [6.45, 7) is 4.95. The molecule has 1 aromatic rings. The minimum Gasteiger partial charge on any atom is -0.381 e. The van der Waals surface area contributed by atoms with Gasteiger partial charge in [-0.3, -0.25) is 4.79 Å². The molecular formula is C15H20N2O2. The maximum absolute atomic E-state index is 12.7. The molecule has 4 heteroatoms. The zero-order valence-electron chi connectivity index (χ0n) is 11.3. The zero-order valence-corrected chi connectivity index (χ0v) is 11.3. The van der Waals surface area contributed by atoms with Gasteiger partial charge >= 0.3 is 0 Å². The third kappa shape index (κ3) is 2.51. The molecule has 1 aromatic carbocycles. The van der Waals surface area contributed by atoms with Gasteiger partial charge < -0.3 is 15.0 Å². The number of ether oxygens (including phenoxy) is 1. The summed E-state index contributed by atoms with van der Waals surface area (Å²) in [5, 5.41) is 3.45. The van der Waals surface area contributed by atoms with E-state index in [0.717, 1.165) is 25.2 Å². The number of hydrogen-bond donors (Lipinski definition) is 1. The molecule has 0 aromatic heterocycles. The molecule has 2 atom stereocenters. The van der Waals surface area contributed by atoms with E-state index in [2.05, 4.69) is 18.3 Å². The van der Waals surface area contributed by atoms with Crippen molar-refractivity contribution in [2.45, 2.75) is 25.9 Å². The average Bonchev–Trinajstić information content (AvgIpc) is 2.91. The van der Waals surface area contributed by atoms with Gasteiger partial charge in [0.05, 0.1) is 12.5 Å². The van der Waals surface area contributed by atoms with Gasteiger partial charge in [-0.1, -0.05) is 18.2 Å². The highest BCUT2D eigenvalue weighted by atomic mass is 16.5. The number of rotatable bonds is 1. The average molecular weight is 260 g/mol. The Kier molecular flexibility index (Phi) is 3.53. The highest BCUT2D eigenvalue weighted by Crippen LogP contribution is 2.26. The molecule has 1 amide bonds. The van der Waals surface area contributed by atoms with Gasteiger partial charge in [0.2, 0.25) is 5.91 Å². The number of carbonyl (C=O) groups excluding carboxylic acids is 1. The van der Waals surface area contributed by atoms with Crippen LogP contribution in [0.25, 0.3) is 0 Å². The van der Waals surface area contributed by atoms with Crippen molar-refractivity contribution in [3.8, 4) is 0 Å². The molecule has 2 aliphatic rings. The Balaban J connectivity index is 1.91. The van der Waals surface area contributed by atoms with Crippen LogP contribution in [0.1, 0.15) is 18.9 Å². The number of nitrogens with one attached hydrogen (secondary N) is 1. The van der Waals surface area contributed by atoms with Gasteiger partial charge in [-0.05, 0) is 25.0 Å². The molecule has 102 valence electrons. The lowest BCUT2D eigenvalue weighted by Crippen LogP contribution is -2.42. The first kappa shape index (κ1) is 12.6. The summed E-state index contributed by atoms with van der Waals surface area (Å²) in [4.78, 5) is 14.6. The van der Waals surface area contributed by atoms with Crippen LogP contribution >= 0.6 is 0 Å². The lowest BCUT2D eigenvalue weighted by molar-refractivity contribution is -0.122. The SMILES string of the molecule is CC1CN(C(=O)C2CCOC2)c2ccccc2CN1. The molecule has 0 bridgehead atoms. The Morgan fingerprint density at radius 2 is 2.26 bits per heavy atom. The normalized spacial score (nSPS) is 26.9. The minimum atomic E-state index is 0.0263. The van der Waals surface area contributed by atoms with E-state index in [4.69, 9.17) is 4.74 Å². The topological polar surface area (TPSA) is 41.6 Å². The summed E-state index contributed by atoms with van der Waals surface area (Å²) in [7, 11) is 0. The molecule has 3 rings (SSSR count). The van der Waals surface area contributed by atoms with Crippen molar-refractivity contribution in [3.05, 3.63) is 29.8 Å². The summed E-state index contributed by atoms with van der Waals surface area (Å²) in [6.07, 6.45) is 0.847. The maximum Gasteiger partial charge on any atom is 0.232 e. The summed E-state index contributed by atoms with van der Waals surface area (Å²) in [5.41, 5.74) is 2.25. The fourth-order valence-corrected chi connectivity index (χ4v) is 2.80. The van der Waals surface area contributed by atoms with E-state index in [1.54, 1.807) is 0 Å². The molecule has 2 heterocycles. The molecule has 2 aliphatic heterocycles. The van der Waals surface area contributed by atoms with Gasteiger partial charge in [0.1, 0.15) is 0 Å². The highest BCUT2D eigenvalue weighted by molar-refractivity contribution is 5.96. The second-order valence-corrected chi connectivity index (χ2v) is 5.42. The second-order valence-electron chi connectivity index (χ2n) is 5.42. The molecule has 0 saturated carbocycles. The van der Waals surface area contributed by atoms with E-state index in [1.807, 2.05) is 23.1 Å². The fraction of sp³-hybridized carbons (Fsp3) is 0.533. The third-order valence-electron chi connectivity index (χ3n) is 3.92. The van der Waals surface area contributed by atoms with E-state index >= 15 is 0 Å². The quantitative estimate of drug-likeness (QED) is 0.833.